The summed E-state index contributed by atoms with van der Waals surface area (Å²) in [6, 6.07) is 5.69. The molecule has 11 heavy (non-hydrogen) atoms. The standard InChI is InChI=1S/C9H9NO/c1-7(5-6-10)9-4-3-8(2)11-9/h3-5H,1-2H3. The van der Waals surface area contributed by atoms with E-state index in [-0.39, 0.29) is 0 Å². The van der Waals surface area contributed by atoms with E-state index in [1.807, 2.05) is 32.0 Å². The molecule has 0 unspecified atom stereocenters. The summed E-state index contributed by atoms with van der Waals surface area (Å²) in [5.41, 5.74) is 0.862. The second-order valence-corrected chi connectivity index (χ2v) is 2.37. The van der Waals surface area contributed by atoms with Crippen LogP contribution in [0.5, 0.6) is 0 Å². The van der Waals surface area contributed by atoms with Crippen LogP contribution in [-0.4, -0.2) is 0 Å². The van der Waals surface area contributed by atoms with Gasteiger partial charge in [0, 0.05) is 11.6 Å². The number of rotatable bonds is 1. The summed E-state index contributed by atoms with van der Waals surface area (Å²) in [7, 11) is 0. The summed E-state index contributed by atoms with van der Waals surface area (Å²) in [5.74, 6) is 1.63. The van der Waals surface area contributed by atoms with E-state index in [0.29, 0.717) is 0 Å². The van der Waals surface area contributed by atoms with Crippen molar-refractivity contribution in [2.75, 3.05) is 0 Å². The topological polar surface area (TPSA) is 36.9 Å². The lowest BCUT2D eigenvalue weighted by atomic mass is 10.2. The van der Waals surface area contributed by atoms with Gasteiger partial charge in [-0.25, -0.2) is 0 Å². The molecular formula is C9H9NO. The molecule has 0 amide bonds. The van der Waals surface area contributed by atoms with Crippen LogP contribution in [0, 0.1) is 18.3 Å². The molecule has 0 bridgehead atoms. The minimum atomic E-state index is 0.768. The van der Waals surface area contributed by atoms with Crippen molar-refractivity contribution in [2.45, 2.75) is 13.8 Å². The Balaban J connectivity index is 2.95. The number of aryl methyl sites for hydroxylation is 1. The van der Waals surface area contributed by atoms with Crippen molar-refractivity contribution < 1.29 is 4.42 Å². The SMILES string of the molecule is CC(=CC#N)c1ccc(C)o1. The number of allylic oxidation sites excluding steroid dienone is 2. The molecule has 0 saturated heterocycles. The lowest BCUT2D eigenvalue weighted by Gasteiger charge is -1.90. The highest BCUT2D eigenvalue weighted by atomic mass is 16.3. The quantitative estimate of drug-likeness (QED) is 0.572. The molecule has 0 atom stereocenters. The van der Waals surface area contributed by atoms with Crippen LogP contribution in [0.15, 0.2) is 22.6 Å². The molecule has 0 N–H and O–H groups in total. The van der Waals surface area contributed by atoms with Crippen molar-refractivity contribution in [1.29, 1.82) is 5.26 Å². The Morgan fingerprint density at radius 1 is 1.64 bits per heavy atom. The van der Waals surface area contributed by atoms with E-state index in [1.54, 1.807) is 0 Å². The molecule has 1 aromatic heterocycles. The lowest BCUT2D eigenvalue weighted by Crippen LogP contribution is -1.71. The number of furan rings is 1. The zero-order chi connectivity index (χ0) is 8.27. The Kier molecular flexibility index (Phi) is 2.12. The Morgan fingerprint density at radius 2 is 2.36 bits per heavy atom. The van der Waals surface area contributed by atoms with Gasteiger partial charge in [0.2, 0.25) is 0 Å². The Labute approximate surface area is 65.8 Å². The molecule has 0 saturated carbocycles. The zero-order valence-corrected chi connectivity index (χ0v) is 6.59. The van der Waals surface area contributed by atoms with Crippen LogP contribution in [-0.2, 0) is 0 Å². The first-order valence-electron chi connectivity index (χ1n) is 3.37. The molecule has 2 heteroatoms. The highest BCUT2D eigenvalue weighted by Crippen LogP contribution is 2.15. The molecular weight excluding hydrogens is 138 g/mol. The number of nitrogens with zero attached hydrogens (tertiary/aromatic N) is 1. The predicted molar refractivity (Wildman–Crippen MR) is 42.7 cm³/mol. The Morgan fingerprint density at radius 3 is 2.82 bits per heavy atom. The average molecular weight is 147 g/mol. The molecule has 0 aromatic carbocycles. The van der Waals surface area contributed by atoms with Crippen LogP contribution in [0.1, 0.15) is 18.4 Å². The van der Waals surface area contributed by atoms with Crippen molar-refractivity contribution in [1.82, 2.24) is 0 Å². The monoisotopic (exact) mass is 147 g/mol. The van der Waals surface area contributed by atoms with Crippen molar-refractivity contribution in [3.05, 3.63) is 29.7 Å². The van der Waals surface area contributed by atoms with Gasteiger partial charge < -0.3 is 4.42 Å². The van der Waals surface area contributed by atoms with Crippen LogP contribution in [0.25, 0.3) is 5.57 Å². The molecule has 0 radical (unpaired) electrons. The molecule has 1 rings (SSSR count). The zero-order valence-electron chi connectivity index (χ0n) is 6.59. The number of nitriles is 1. The minimum Gasteiger partial charge on any atom is -0.462 e. The Hall–Kier alpha value is -1.49. The smallest absolute Gasteiger partial charge is 0.130 e. The molecule has 1 aromatic rings. The van der Waals surface area contributed by atoms with Crippen molar-refractivity contribution in [2.24, 2.45) is 0 Å². The van der Waals surface area contributed by atoms with Gasteiger partial charge in [-0.05, 0) is 26.0 Å². The highest BCUT2D eigenvalue weighted by molar-refractivity contribution is 5.61. The first-order chi connectivity index (χ1) is 5.24. The summed E-state index contributed by atoms with van der Waals surface area (Å²) < 4.78 is 5.28. The second kappa shape index (κ2) is 3.07. The summed E-state index contributed by atoms with van der Waals surface area (Å²) in [5, 5.41) is 8.34. The van der Waals surface area contributed by atoms with E-state index < -0.39 is 0 Å². The highest BCUT2D eigenvalue weighted by Gasteiger charge is 1.98. The van der Waals surface area contributed by atoms with Gasteiger partial charge in [0.25, 0.3) is 0 Å². The molecule has 0 aliphatic carbocycles. The molecule has 1 heterocycles. The summed E-state index contributed by atoms with van der Waals surface area (Å²) in [4.78, 5) is 0. The lowest BCUT2D eigenvalue weighted by molar-refractivity contribution is 0.521. The maximum Gasteiger partial charge on any atom is 0.130 e. The van der Waals surface area contributed by atoms with E-state index in [4.69, 9.17) is 9.68 Å². The van der Waals surface area contributed by atoms with Gasteiger partial charge in [0.1, 0.15) is 11.5 Å². The fourth-order valence-electron chi connectivity index (χ4n) is 0.814. The van der Waals surface area contributed by atoms with Crippen molar-refractivity contribution in [3.63, 3.8) is 0 Å². The number of hydrogen-bond acceptors (Lipinski definition) is 2. The molecule has 56 valence electrons. The van der Waals surface area contributed by atoms with Gasteiger partial charge in [-0.3, -0.25) is 0 Å². The summed E-state index contributed by atoms with van der Waals surface area (Å²) in [6.07, 6.45) is 1.47. The minimum absolute atomic E-state index is 0.768. The maximum absolute atomic E-state index is 8.34. The van der Waals surface area contributed by atoms with Crippen molar-refractivity contribution in [3.8, 4) is 6.07 Å². The van der Waals surface area contributed by atoms with E-state index >= 15 is 0 Å². The van der Waals surface area contributed by atoms with Gasteiger partial charge in [-0.1, -0.05) is 0 Å². The maximum atomic E-state index is 8.34. The fourth-order valence-corrected chi connectivity index (χ4v) is 0.814. The molecule has 0 spiro atoms. The first kappa shape index (κ1) is 7.62. The average Bonchev–Trinajstić information content (AvgIpc) is 2.36. The van der Waals surface area contributed by atoms with Gasteiger partial charge >= 0.3 is 0 Å². The summed E-state index contributed by atoms with van der Waals surface area (Å²) >= 11 is 0. The third-order valence-corrected chi connectivity index (χ3v) is 1.41. The molecule has 0 aliphatic heterocycles. The van der Waals surface area contributed by atoms with Crippen molar-refractivity contribution >= 4 is 5.57 Å². The Bertz CT molecular complexity index is 315. The van der Waals surface area contributed by atoms with Gasteiger partial charge in [0.15, 0.2) is 0 Å². The second-order valence-electron chi connectivity index (χ2n) is 2.37. The van der Waals surface area contributed by atoms with Gasteiger partial charge in [0.05, 0.1) is 6.07 Å². The van der Waals surface area contributed by atoms with Crippen LogP contribution < -0.4 is 0 Å². The van der Waals surface area contributed by atoms with Crippen LogP contribution in [0.4, 0.5) is 0 Å². The van der Waals surface area contributed by atoms with Gasteiger partial charge in [-0.2, -0.15) is 5.26 Å². The van der Waals surface area contributed by atoms with Crippen LogP contribution in [0.3, 0.4) is 0 Å². The molecule has 0 fully saturated rings. The number of hydrogen-bond donors (Lipinski definition) is 0. The van der Waals surface area contributed by atoms with Crippen LogP contribution in [0.2, 0.25) is 0 Å². The van der Waals surface area contributed by atoms with E-state index in [2.05, 4.69) is 0 Å². The molecule has 2 nitrogen and oxygen atoms in total. The predicted octanol–water partition coefficient (Wildman–Crippen LogP) is 2.51. The fraction of sp³-hybridized carbons (Fsp3) is 0.222. The summed E-state index contributed by atoms with van der Waals surface area (Å²) in [6.45, 7) is 3.73. The normalized spacial score (nSPS) is 11.2. The van der Waals surface area contributed by atoms with E-state index in [0.717, 1.165) is 17.1 Å². The van der Waals surface area contributed by atoms with Crippen LogP contribution >= 0.6 is 0 Å². The first-order valence-corrected chi connectivity index (χ1v) is 3.37. The molecule has 0 aliphatic rings. The third-order valence-electron chi connectivity index (χ3n) is 1.41. The van der Waals surface area contributed by atoms with E-state index in [9.17, 15) is 0 Å². The van der Waals surface area contributed by atoms with E-state index in [1.165, 1.54) is 6.08 Å². The largest absolute Gasteiger partial charge is 0.462 e. The van der Waals surface area contributed by atoms with Gasteiger partial charge in [-0.15, -0.1) is 0 Å². The third kappa shape index (κ3) is 1.71.